The molecule has 2 aromatic heterocycles. The molecule has 1 aliphatic heterocycles. The smallest absolute Gasteiger partial charge is 0.248 e. The lowest BCUT2D eigenvalue weighted by molar-refractivity contribution is 0.1000. The highest BCUT2D eigenvalue weighted by Crippen LogP contribution is 2.31. The van der Waals surface area contributed by atoms with E-state index >= 15 is 0 Å². The highest BCUT2D eigenvalue weighted by atomic mass is 35.5. The molecule has 0 atom stereocenters. The minimum absolute atomic E-state index is 0.121. The molecule has 0 radical (unpaired) electrons. The lowest BCUT2D eigenvalue weighted by Crippen LogP contribution is -2.09. The average molecular weight is 358 g/mol. The topological polar surface area (TPSA) is 105 Å². The number of hydrogen-bond acceptors (Lipinski definition) is 7. The second-order valence-electron chi connectivity index (χ2n) is 5.41. The van der Waals surface area contributed by atoms with Crippen molar-refractivity contribution in [3.8, 4) is 5.75 Å². The van der Waals surface area contributed by atoms with Gasteiger partial charge >= 0.3 is 0 Å². The van der Waals surface area contributed by atoms with E-state index in [1.807, 2.05) is 6.07 Å². The number of ketones is 1. The van der Waals surface area contributed by atoms with Crippen molar-refractivity contribution in [3.63, 3.8) is 0 Å². The van der Waals surface area contributed by atoms with Crippen LogP contribution in [0.15, 0.2) is 55.6 Å². The molecule has 25 heavy (non-hydrogen) atoms. The maximum Gasteiger partial charge on any atom is 0.248 e. The van der Waals surface area contributed by atoms with Gasteiger partial charge in [-0.25, -0.2) is 0 Å². The van der Waals surface area contributed by atoms with E-state index in [9.17, 15) is 4.79 Å². The Balaban J connectivity index is 1.85. The van der Waals surface area contributed by atoms with Crippen molar-refractivity contribution in [2.75, 3.05) is 7.11 Å². The normalized spacial score (nSPS) is 13.8. The summed E-state index contributed by atoms with van der Waals surface area (Å²) in [5, 5.41) is 16.3. The van der Waals surface area contributed by atoms with Gasteiger partial charge in [0.1, 0.15) is 0 Å². The summed E-state index contributed by atoms with van der Waals surface area (Å²) in [5.74, 6) is 0.167. The number of benzene rings is 1. The molecule has 0 spiro atoms. The monoisotopic (exact) mass is 357 g/mol. The number of nitrogens with zero attached hydrogens (tertiary/aromatic N) is 4. The number of rotatable bonds is 5. The number of carbonyl (C=O) groups is 1. The first-order chi connectivity index (χ1) is 12.2. The molecule has 9 heteroatoms. The van der Waals surface area contributed by atoms with E-state index < -0.39 is 6.17 Å². The van der Waals surface area contributed by atoms with E-state index in [0.29, 0.717) is 22.9 Å². The van der Waals surface area contributed by atoms with Crippen molar-refractivity contribution in [1.29, 1.82) is 0 Å². The summed E-state index contributed by atoms with van der Waals surface area (Å²) in [6.07, 6.45) is 1.32. The highest BCUT2D eigenvalue weighted by molar-refractivity contribution is 6.31. The third-order valence-corrected chi connectivity index (χ3v) is 4.18. The van der Waals surface area contributed by atoms with Crippen LogP contribution in [-0.2, 0) is 6.42 Å². The van der Waals surface area contributed by atoms with Gasteiger partial charge in [0, 0.05) is 28.4 Å². The first-order valence-electron chi connectivity index (χ1n) is 7.43. The van der Waals surface area contributed by atoms with Crippen LogP contribution in [0.5, 0.6) is 5.75 Å². The van der Waals surface area contributed by atoms with Gasteiger partial charge in [0.15, 0.2) is 11.9 Å². The molecule has 0 saturated carbocycles. The molecule has 0 aliphatic carbocycles. The summed E-state index contributed by atoms with van der Waals surface area (Å²) in [6, 6.07) is 6.96. The van der Waals surface area contributed by atoms with Crippen LogP contribution in [0.1, 0.15) is 21.8 Å². The van der Waals surface area contributed by atoms with Crippen molar-refractivity contribution in [1.82, 2.24) is 4.98 Å². The van der Waals surface area contributed by atoms with Crippen LogP contribution < -0.4 is 4.74 Å². The number of fused-ring (bicyclic) bond motifs is 1. The van der Waals surface area contributed by atoms with Gasteiger partial charge < -0.3 is 14.1 Å². The zero-order chi connectivity index (χ0) is 17.4. The van der Waals surface area contributed by atoms with Crippen LogP contribution >= 0.6 is 11.6 Å². The van der Waals surface area contributed by atoms with Gasteiger partial charge in [0.25, 0.3) is 0 Å². The molecular weight excluding hydrogens is 346 g/mol. The van der Waals surface area contributed by atoms with Crippen molar-refractivity contribution < 1.29 is 13.9 Å². The number of halogens is 1. The Morgan fingerprint density at radius 2 is 2.12 bits per heavy atom. The Bertz CT molecular complexity index is 1010. The number of ether oxygens (including phenoxy) is 1. The van der Waals surface area contributed by atoms with Crippen molar-refractivity contribution in [2.45, 2.75) is 12.6 Å². The van der Waals surface area contributed by atoms with E-state index in [-0.39, 0.29) is 11.5 Å². The Labute approximate surface area is 146 Å². The molecule has 4 rings (SSSR count). The van der Waals surface area contributed by atoms with Crippen LogP contribution in [0, 0.1) is 0 Å². The zero-order valence-corrected chi connectivity index (χ0v) is 13.8. The van der Waals surface area contributed by atoms with Crippen LogP contribution in [0.2, 0.25) is 5.02 Å². The van der Waals surface area contributed by atoms with E-state index in [0.717, 1.165) is 16.5 Å². The molecular formula is C16H12ClN5O3. The van der Waals surface area contributed by atoms with Crippen LogP contribution in [-0.4, -0.2) is 24.0 Å². The molecule has 8 nitrogen and oxygen atoms in total. The van der Waals surface area contributed by atoms with Crippen LogP contribution in [0.4, 0.5) is 0 Å². The molecule has 0 unspecified atom stereocenters. The molecule has 0 bridgehead atoms. The molecule has 126 valence electrons. The van der Waals surface area contributed by atoms with Gasteiger partial charge in [-0.1, -0.05) is 17.7 Å². The lowest BCUT2D eigenvalue weighted by atomic mass is 10.0. The van der Waals surface area contributed by atoms with Crippen LogP contribution in [0.3, 0.4) is 0 Å². The molecule has 3 heterocycles. The fraction of sp³-hybridized carbons (Fsp3) is 0.188. The maximum atomic E-state index is 13.0. The second kappa shape index (κ2) is 6.14. The van der Waals surface area contributed by atoms with E-state index in [1.165, 1.54) is 13.4 Å². The SMILES string of the molecule is COc1ccoc1C(=O)c1[nH]c2cc(Cl)ccc2c1CC1N=NN=N1. The molecule has 0 saturated heterocycles. The number of hydrogen-bond donors (Lipinski definition) is 1. The Morgan fingerprint density at radius 3 is 2.88 bits per heavy atom. The number of furan rings is 1. The minimum atomic E-state index is -0.459. The first kappa shape index (κ1) is 15.5. The quantitative estimate of drug-likeness (QED) is 0.686. The Morgan fingerprint density at radius 1 is 1.32 bits per heavy atom. The number of aromatic amines is 1. The maximum absolute atomic E-state index is 13.0. The predicted octanol–water partition coefficient (Wildman–Crippen LogP) is 4.36. The second-order valence-corrected chi connectivity index (χ2v) is 5.85. The van der Waals surface area contributed by atoms with Gasteiger partial charge in [0.05, 0.1) is 19.1 Å². The number of carbonyl (C=O) groups excluding carboxylic acids is 1. The van der Waals surface area contributed by atoms with Crippen LogP contribution in [0.25, 0.3) is 10.9 Å². The summed E-state index contributed by atoms with van der Waals surface area (Å²) in [7, 11) is 1.48. The van der Waals surface area contributed by atoms with Crippen molar-refractivity contribution >= 4 is 28.3 Å². The molecule has 0 fully saturated rings. The number of aromatic nitrogens is 1. The van der Waals surface area contributed by atoms with E-state index in [1.54, 1.807) is 18.2 Å². The fourth-order valence-corrected chi connectivity index (χ4v) is 3.00. The van der Waals surface area contributed by atoms with Gasteiger partial charge in [-0.3, -0.25) is 4.79 Å². The van der Waals surface area contributed by atoms with Gasteiger partial charge in [0.2, 0.25) is 11.5 Å². The molecule has 1 N–H and O–H groups in total. The van der Waals surface area contributed by atoms with Gasteiger partial charge in [-0.15, -0.1) is 10.2 Å². The standard InChI is InChI=1S/C16H12ClN5O3/c1-24-12-4-5-25-16(12)15(23)14-10(7-13-19-21-22-20-13)9-3-2-8(17)6-11(9)18-14/h2-6,13,18H,7H2,1H3. The van der Waals surface area contributed by atoms with Gasteiger partial charge in [-0.05, 0) is 28.1 Å². The third-order valence-electron chi connectivity index (χ3n) is 3.95. The molecule has 1 aliphatic rings. The predicted molar refractivity (Wildman–Crippen MR) is 89.2 cm³/mol. The average Bonchev–Trinajstić information content (AvgIpc) is 3.34. The molecule has 1 aromatic carbocycles. The third kappa shape index (κ3) is 2.70. The molecule has 0 amide bonds. The zero-order valence-electron chi connectivity index (χ0n) is 13.1. The fourth-order valence-electron chi connectivity index (χ4n) is 2.82. The largest absolute Gasteiger partial charge is 0.493 e. The Hall–Kier alpha value is -3.00. The van der Waals surface area contributed by atoms with E-state index in [4.69, 9.17) is 20.8 Å². The summed E-state index contributed by atoms with van der Waals surface area (Å²) >= 11 is 6.07. The number of methoxy groups -OCH3 is 1. The Kier molecular flexibility index (Phi) is 3.81. The summed E-state index contributed by atoms with van der Waals surface area (Å²) < 4.78 is 10.5. The number of nitrogens with one attached hydrogen (secondary N) is 1. The van der Waals surface area contributed by atoms with Gasteiger partial charge in [-0.2, -0.15) is 0 Å². The highest BCUT2D eigenvalue weighted by Gasteiger charge is 2.26. The summed E-state index contributed by atoms with van der Waals surface area (Å²) in [6.45, 7) is 0. The van der Waals surface area contributed by atoms with Crippen molar-refractivity contribution in [2.24, 2.45) is 20.7 Å². The summed E-state index contributed by atoms with van der Waals surface area (Å²) in [5.41, 5.74) is 1.87. The van der Waals surface area contributed by atoms with Crippen molar-refractivity contribution in [3.05, 3.63) is 52.6 Å². The number of H-pyrrole nitrogens is 1. The lowest BCUT2D eigenvalue weighted by Gasteiger charge is -2.05. The van der Waals surface area contributed by atoms with E-state index in [2.05, 4.69) is 25.7 Å². The molecule has 3 aromatic rings. The summed E-state index contributed by atoms with van der Waals surface area (Å²) in [4.78, 5) is 16.1. The first-order valence-corrected chi connectivity index (χ1v) is 7.81. The minimum Gasteiger partial charge on any atom is -0.493 e.